The Morgan fingerprint density at radius 1 is 1.38 bits per heavy atom. The van der Waals surface area contributed by atoms with E-state index in [1.165, 1.54) is 12.8 Å². The molecule has 1 aromatic rings. The normalized spacial score (nSPS) is 14.6. The Labute approximate surface area is 96.5 Å². The fraction of sp³-hybridized carbons (Fsp3) is 0.462. The molecular weight excluding hydrogens is 200 g/mol. The van der Waals surface area contributed by atoms with E-state index in [9.17, 15) is 4.79 Å². The van der Waals surface area contributed by atoms with Crippen LogP contribution in [0.15, 0.2) is 24.3 Å². The Balaban J connectivity index is 2.12. The van der Waals surface area contributed by atoms with E-state index in [1.54, 1.807) is 19.0 Å². The zero-order chi connectivity index (χ0) is 11.5. The quantitative estimate of drug-likeness (QED) is 0.840. The van der Waals surface area contributed by atoms with Crippen molar-refractivity contribution in [2.45, 2.75) is 12.8 Å². The van der Waals surface area contributed by atoms with E-state index in [2.05, 4.69) is 5.32 Å². The first kappa shape index (κ1) is 11.0. The van der Waals surface area contributed by atoms with Gasteiger partial charge in [0, 0.05) is 26.3 Å². The number of para-hydroxylation sites is 1. The largest absolute Gasteiger partial charge is 0.384 e. The molecule has 0 radical (unpaired) electrons. The molecule has 86 valence electrons. The SMILES string of the molecule is CN(C)C(=O)c1ccccc1NCC1CC1. The summed E-state index contributed by atoms with van der Waals surface area (Å²) in [6.07, 6.45) is 2.63. The molecule has 0 heterocycles. The van der Waals surface area contributed by atoms with E-state index in [-0.39, 0.29) is 5.91 Å². The highest BCUT2D eigenvalue weighted by Gasteiger charge is 2.21. The van der Waals surface area contributed by atoms with Gasteiger partial charge in [-0.1, -0.05) is 12.1 Å². The second kappa shape index (κ2) is 4.56. The highest BCUT2D eigenvalue weighted by molar-refractivity contribution is 5.99. The Bertz CT molecular complexity index is 383. The Hall–Kier alpha value is -1.51. The summed E-state index contributed by atoms with van der Waals surface area (Å²) in [4.78, 5) is 13.5. The summed E-state index contributed by atoms with van der Waals surface area (Å²) >= 11 is 0. The molecule has 1 N–H and O–H groups in total. The van der Waals surface area contributed by atoms with E-state index < -0.39 is 0 Å². The molecule has 1 aliphatic rings. The Kier molecular flexibility index (Phi) is 3.13. The number of nitrogens with zero attached hydrogens (tertiary/aromatic N) is 1. The summed E-state index contributed by atoms with van der Waals surface area (Å²) in [5.74, 6) is 0.862. The highest BCUT2D eigenvalue weighted by Crippen LogP contribution is 2.29. The van der Waals surface area contributed by atoms with Gasteiger partial charge in [-0.05, 0) is 30.9 Å². The summed E-state index contributed by atoms with van der Waals surface area (Å²) in [6.45, 7) is 0.984. The highest BCUT2D eigenvalue weighted by atomic mass is 16.2. The van der Waals surface area contributed by atoms with Gasteiger partial charge in [-0.25, -0.2) is 0 Å². The molecule has 0 atom stereocenters. The number of amides is 1. The predicted molar refractivity (Wildman–Crippen MR) is 65.7 cm³/mol. The number of anilines is 1. The standard InChI is InChI=1S/C13H18N2O/c1-15(2)13(16)11-5-3-4-6-12(11)14-9-10-7-8-10/h3-6,10,14H,7-9H2,1-2H3. The molecule has 0 bridgehead atoms. The first-order chi connectivity index (χ1) is 7.68. The summed E-state index contributed by atoms with van der Waals surface area (Å²) in [6, 6.07) is 7.71. The molecule has 1 aromatic carbocycles. The van der Waals surface area contributed by atoms with Crippen LogP contribution in [0, 0.1) is 5.92 Å². The monoisotopic (exact) mass is 218 g/mol. The lowest BCUT2D eigenvalue weighted by atomic mass is 10.1. The zero-order valence-corrected chi connectivity index (χ0v) is 9.86. The van der Waals surface area contributed by atoms with Crippen molar-refractivity contribution in [3.05, 3.63) is 29.8 Å². The van der Waals surface area contributed by atoms with Gasteiger partial charge in [0.2, 0.25) is 0 Å². The van der Waals surface area contributed by atoms with Crippen molar-refractivity contribution in [1.29, 1.82) is 0 Å². The van der Waals surface area contributed by atoms with Crippen LogP contribution >= 0.6 is 0 Å². The molecule has 0 aromatic heterocycles. The van der Waals surface area contributed by atoms with Gasteiger partial charge in [-0.2, -0.15) is 0 Å². The van der Waals surface area contributed by atoms with Gasteiger partial charge in [0.1, 0.15) is 0 Å². The number of hydrogen-bond acceptors (Lipinski definition) is 2. The van der Waals surface area contributed by atoms with Gasteiger partial charge >= 0.3 is 0 Å². The number of hydrogen-bond donors (Lipinski definition) is 1. The van der Waals surface area contributed by atoms with Crippen LogP contribution in [0.5, 0.6) is 0 Å². The van der Waals surface area contributed by atoms with Crippen LogP contribution in [-0.4, -0.2) is 31.4 Å². The summed E-state index contributed by atoms with van der Waals surface area (Å²) < 4.78 is 0. The average Bonchev–Trinajstić information content (AvgIpc) is 3.09. The van der Waals surface area contributed by atoms with Gasteiger partial charge in [0.15, 0.2) is 0 Å². The Morgan fingerprint density at radius 3 is 2.69 bits per heavy atom. The van der Waals surface area contributed by atoms with Crippen LogP contribution < -0.4 is 5.32 Å². The van der Waals surface area contributed by atoms with Crippen molar-refractivity contribution < 1.29 is 4.79 Å². The van der Waals surface area contributed by atoms with Gasteiger partial charge in [-0.15, -0.1) is 0 Å². The first-order valence-corrected chi connectivity index (χ1v) is 5.73. The average molecular weight is 218 g/mol. The van der Waals surface area contributed by atoms with Crippen LogP contribution in [0.1, 0.15) is 23.2 Å². The van der Waals surface area contributed by atoms with Crippen LogP contribution in [0.25, 0.3) is 0 Å². The fourth-order valence-electron chi connectivity index (χ4n) is 1.64. The van der Waals surface area contributed by atoms with Crippen molar-refractivity contribution >= 4 is 11.6 Å². The molecule has 0 spiro atoms. The molecule has 16 heavy (non-hydrogen) atoms. The smallest absolute Gasteiger partial charge is 0.255 e. The van der Waals surface area contributed by atoms with Crippen LogP contribution in [0.2, 0.25) is 0 Å². The fourth-order valence-corrected chi connectivity index (χ4v) is 1.64. The molecule has 3 heteroatoms. The third-order valence-corrected chi connectivity index (χ3v) is 2.84. The maximum Gasteiger partial charge on any atom is 0.255 e. The minimum absolute atomic E-state index is 0.0545. The lowest BCUT2D eigenvalue weighted by molar-refractivity contribution is 0.0828. The van der Waals surface area contributed by atoms with E-state index in [4.69, 9.17) is 0 Å². The minimum atomic E-state index is 0.0545. The number of rotatable bonds is 4. The van der Waals surface area contributed by atoms with E-state index >= 15 is 0 Å². The van der Waals surface area contributed by atoms with Crippen molar-refractivity contribution in [3.8, 4) is 0 Å². The predicted octanol–water partition coefficient (Wildman–Crippen LogP) is 2.21. The van der Waals surface area contributed by atoms with E-state index in [1.807, 2.05) is 24.3 Å². The first-order valence-electron chi connectivity index (χ1n) is 5.73. The summed E-state index contributed by atoms with van der Waals surface area (Å²) in [7, 11) is 3.56. The Morgan fingerprint density at radius 2 is 2.06 bits per heavy atom. The molecule has 3 nitrogen and oxygen atoms in total. The van der Waals surface area contributed by atoms with E-state index in [0.29, 0.717) is 0 Å². The number of carbonyl (C=O) groups excluding carboxylic acids is 1. The number of nitrogens with one attached hydrogen (secondary N) is 1. The van der Waals surface area contributed by atoms with Crippen LogP contribution in [-0.2, 0) is 0 Å². The summed E-state index contributed by atoms with van der Waals surface area (Å²) in [5.41, 5.74) is 1.71. The zero-order valence-electron chi connectivity index (χ0n) is 9.86. The lowest BCUT2D eigenvalue weighted by Gasteiger charge is -2.15. The van der Waals surface area contributed by atoms with E-state index in [0.717, 1.165) is 23.7 Å². The molecule has 2 rings (SSSR count). The van der Waals surface area contributed by atoms with Crippen molar-refractivity contribution in [3.63, 3.8) is 0 Å². The third-order valence-electron chi connectivity index (χ3n) is 2.84. The van der Waals surface area contributed by atoms with Crippen molar-refractivity contribution in [2.24, 2.45) is 5.92 Å². The molecular formula is C13H18N2O. The number of benzene rings is 1. The maximum absolute atomic E-state index is 11.9. The minimum Gasteiger partial charge on any atom is -0.384 e. The van der Waals surface area contributed by atoms with Gasteiger partial charge in [-0.3, -0.25) is 4.79 Å². The summed E-state index contributed by atoms with van der Waals surface area (Å²) in [5, 5.41) is 3.36. The van der Waals surface area contributed by atoms with Crippen LogP contribution in [0.4, 0.5) is 5.69 Å². The molecule has 1 saturated carbocycles. The molecule has 0 saturated heterocycles. The molecule has 0 unspecified atom stereocenters. The van der Waals surface area contributed by atoms with Gasteiger partial charge < -0.3 is 10.2 Å². The van der Waals surface area contributed by atoms with Gasteiger partial charge in [0.05, 0.1) is 5.56 Å². The van der Waals surface area contributed by atoms with Gasteiger partial charge in [0.25, 0.3) is 5.91 Å². The topological polar surface area (TPSA) is 32.3 Å². The third kappa shape index (κ3) is 2.54. The molecule has 1 fully saturated rings. The van der Waals surface area contributed by atoms with Crippen LogP contribution in [0.3, 0.4) is 0 Å². The molecule has 0 aliphatic heterocycles. The molecule has 1 aliphatic carbocycles. The number of carbonyl (C=O) groups is 1. The second-order valence-corrected chi connectivity index (χ2v) is 4.57. The second-order valence-electron chi connectivity index (χ2n) is 4.57. The molecule has 1 amide bonds. The lowest BCUT2D eigenvalue weighted by Crippen LogP contribution is -2.23. The maximum atomic E-state index is 11.9. The van der Waals surface area contributed by atoms with Crippen molar-refractivity contribution in [1.82, 2.24) is 4.90 Å². The van der Waals surface area contributed by atoms with Crippen molar-refractivity contribution in [2.75, 3.05) is 26.0 Å².